The van der Waals surface area contributed by atoms with Gasteiger partial charge in [0.05, 0.1) is 25.8 Å². The van der Waals surface area contributed by atoms with Crippen molar-refractivity contribution in [2.75, 3.05) is 12.4 Å². The Bertz CT molecular complexity index is 843. The highest BCUT2D eigenvalue weighted by Gasteiger charge is 2.12. The van der Waals surface area contributed by atoms with Gasteiger partial charge in [-0.2, -0.15) is 4.80 Å². The predicted octanol–water partition coefficient (Wildman–Crippen LogP) is 2.24. The van der Waals surface area contributed by atoms with Crippen LogP contribution in [0.4, 0.5) is 5.69 Å². The van der Waals surface area contributed by atoms with Crippen LogP contribution < -0.4 is 5.32 Å². The lowest BCUT2D eigenvalue weighted by atomic mass is 10.0. The second-order valence-electron chi connectivity index (χ2n) is 4.95. The van der Waals surface area contributed by atoms with E-state index in [-0.39, 0.29) is 5.97 Å². The van der Waals surface area contributed by atoms with Gasteiger partial charge in [0.25, 0.3) is 0 Å². The third kappa shape index (κ3) is 2.98. The summed E-state index contributed by atoms with van der Waals surface area (Å²) in [6.45, 7) is 3.10. The van der Waals surface area contributed by atoms with Crippen LogP contribution in [0.2, 0.25) is 0 Å². The number of benzene rings is 2. The topological polar surface area (TPSA) is 81.9 Å². The molecule has 0 aliphatic carbocycles. The Labute approximate surface area is 133 Å². The fourth-order valence-corrected chi connectivity index (χ4v) is 2.40. The lowest BCUT2D eigenvalue weighted by Gasteiger charge is -2.11. The van der Waals surface area contributed by atoms with Crippen LogP contribution in [0.1, 0.15) is 23.1 Å². The number of tetrazole rings is 1. The SMILES string of the molecule is CCn1nnc(CNc2ccc(C(=O)OC)c3ccccc23)n1. The van der Waals surface area contributed by atoms with Crippen molar-refractivity contribution in [1.82, 2.24) is 20.2 Å². The predicted molar refractivity (Wildman–Crippen MR) is 86.1 cm³/mol. The molecule has 118 valence electrons. The van der Waals surface area contributed by atoms with Crippen LogP contribution in [0.25, 0.3) is 10.8 Å². The number of anilines is 1. The highest BCUT2D eigenvalue weighted by Crippen LogP contribution is 2.27. The Morgan fingerprint density at radius 3 is 2.70 bits per heavy atom. The van der Waals surface area contributed by atoms with Crippen LogP contribution in [0.5, 0.6) is 0 Å². The number of esters is 1. The van der Waals surface area contributed by atoms with E-state index in [9.17, 15) is 4.79 Å². The number of methoxy groups -OCH3 is 1. The van der Waals surface area contributed by atoms with Crippen LogP contribution in [0, 0.1) is 0 Å². The van der Waals surface area contributed by atoms with Gasteiger partial charge in [-0.15, -0.1) is 10.2 Å². The molecule has 23 heavy (non-hydrogen) atoms. The second-order valence-corrected chi connectivity index (χ2v) is 4.95. The Morgan fingerprint density at radius 2 is 2.00 bits per heavy atom. The summed E-state index contributed by atoms with van der Waals surface area (Å²) < 4.78 is 4.84. The molecule has 3 aromatic rings. The molecule has 7 nitrogen and oxygen atoms in total. The molecule has 1 N–H and O–H groups in total. The average molecular weight is 311 g/mol. The van der Waals surface area contributed by atoms with Gasteiger partial charge in [-0.1, -0.05) is 24.3 Å². The molecular formula is C16H17N5O2. The molecule has 0 aliphatic rings. The molecule has 0 unspecified atom stereocenters. The number of carbonyl (C=O) groups is 1. The monoisotopic (exact) mass is 311 g/mol. The molecule has 1 aromatic heterocycles. The van der Waals surface area contributed by atoms with E-state index in [2.05, 4.69) is 20.7 Å². The standard InChI is InChI=1S/C16H17N5O2/c1-3-21-19-15(18-20-21)10-17-14-9-8-13(16(22)23-2)11-6-4-5-7-12(11)14/h4-9,17H,3,10H2,1-2H3. The molecule has 0 radical (unpaired) electrons. The first-order valence-corrected chi connectivity index (χ1v) is 7.33. The number of hydrogen-bond donors (Lipinski definition) is 1. The molecule has 1 heterocycles. The Balaban J connectivity index is 1.91. The maximum absolute atomic E-state index is 11.9. The van der Waals surface area contributed by atoms with Crippen molar-refractivity contribution < 1.29 is 9.53 Å². The van der Waals surface area contributed by atoms with Gasteiger partial charge >= 0.3 is 5.97 Å². The van der Waals surface area contributed by atoms with Crippen LogP contribution in [0.15, 0.2) is 36.4 Å². The van der Waals surface area contributed by atoms with Crippen LogP contribution in [-0.2, 0) is 17.8 Å². The van der Waals surface area contributed by atoms with Crippen molar-refractivity contribution in [1.29, 1.82) is 0 Å². The summed E-state index contributed by atoms with van der Waals surface area (Å²) >= 11 is 0. The van der Waals surface area contributed by atoms with Gasteiger partial charge in [-0.05, 0) is 29.7 Å². The van der Waals surface area contributed by atoms with Gasteiger partial charge in [0.1, 0.15) is 0 Å². The molecule has 0 saturated carbocycles. The molecule has 0 bridgehead atoms. The second kappa shape index (κ2) is 6.43. The van der Waals surface area contributed by atoms with Gasteiger partial charge in [0, 0.05) is 11.1 Å². The Morgan fingerprint density at radius 1 is 1.22 bits per heavy atom. The summed E-state index contributed by atoms with van der Waals surface area (Å²) in [6, 6.07) is 11.3. The molecular weight excluding hydrogens is 294 g/mol. The van der Waals surface area contributed by atoms with Crippen molar-refractivity contribution in [3.63, 3.8) is 0 Å². The van der Waals surface area contributed by atoms with Crippen molar-refractivity contribution >= 4 is 22.4 Å². The fraction of sp³-hybridized carbons (Fsp3) is 0.250. The first-order valence-electron chi connectivity index (χ1n) is 7.33. The summed E-state index contributed by atoms with van der Waals surface area (Å²) in [4.78, 5) is 13.4. The minimum Gasteiger partial charge on any atom is -0.465 e. The van der Waals surface area contributed by atoms with E-state index in [0.29, 0.717) is 24.5 Å². The average Bonchev–Trinajstić information content (AvgIpc) is 3.07. The van der Waals surface area contributed by atoms with Crippen molar-refractivity contribution in [2.45, 2.75) is 20.0 Å². The van der Waals surface area contributed by atoms with E-state index >= 15 is 0 Å². The lowest BCUT2D eigenvalue weighted by Crippen LogP contribution is -2.06. The first kappa shape index (κ1) is 15.0. The maximum Gasteiger partial charge on any atom is 0.338 e. The quantitative estimate of drug-likeness (QED) is 0.728. The van der Waals surface area contributed by atoms with Gasteiger partial charge in [0.2, 0.25) is 0 Å². The summed E-state index contributed by atoms with van der Waals surface area (Å²) in [7, 11) is 1.38. The molecule has 0 saturated heterocycles. The largest absolute Gasteiger partial charge is 0.465 e. The molecule has 0 spiro atoms. The summed E-state index contributed by atoms with van der Waals surface area (Å²) in [5.41, 5.74) is 1.45. The zero-order chi connectivity index (χ0) is 16.2. The zero-order valence-electron chi connectivity index (χ0n) is 13.0. The number of aromatic nitrogens is 4. The zero-order valence-corrected chi connectivity index (χ0v) is 13.0. The van der Waals surface area contributed by atoms with E-state index in [1.54, 1.807) is 6.07 Å². The first-order chi connectivity index (χ1) is 11.2. The number of ether oxygens (including phenoxy) is 1. The number of fused-ring (bicyclic) bond motifs is 1. The number of rotatable bonds is 5. The van der Waals surface area contributed by atoms with Gasteiger partial charge in [-0.3, -0.25) is 0 Å². The number of hydrogen-bond acceptors (Lipinski definition) is 6. The highest BCUT2D eigenvalue weighted by molar-refractivity contribution is 6.08. The Kier molecular flexibility index (Phi) is 4.18. The molecule has 7 heteroatoms. The summed E-state index contributed by atoms with van der Waals surface area (Å²) in [5, 5.41) is 17.2. The summed E-state index contributed by atoms with van der Waals surface area (Å²) in [6.07, 6.45) is 0. The van der Waals surface area contributed by atoms with Crippen molar-refractivity contribution in [3.05, 3.63) is 47.8 Å². The van der Waals surface area contributed by atoms with Gasteiger partial charge in [-0.25, -0.2) is 4.79 Å². The minimum atomic E-state index is -0.347. The third-order valence-corrected chi connectivity index (χ3v) is 3.54. The number of nitrogens with one attached hydrogen (secondary N) is 1. The molecule has 2 aromatic carbocycles. The molecule has 0 aliphatic heterocycles. The maximum atomic E-state index is 11.9. The van der Waals surface area contributed by atoms with Crippen LogP contribution in [0.3, 0.4) is 0 Å². The van der Waals surface area contributed by atoms with E-state index in [1.165, 1.54) is 11.9 Å². The van der Waals surface area contributed by atoms with E-state index < -0.39 is 0 Å². The third-order valence-electron chi connectivity index (χ3n) is 3.54. The minimum absolute atomic E-state index is 0.347. The number of aryl methyl sites for hydroxylation is 1. The Hall–Kier alpha value is -2.96. The number of nitrogens with zero attached hydrogens (tertiary/aromatic N) is 4. The van der Waals surface area contributed by atoms with Crippen LogP contribution >= 0.6 is 0 Å². The summed E-state index contributed by atoms with van der Waals surface area (Å²) in [5.74, 6) is 0.272. The lowest BCUT2D eigenvalue weighted by molar-refractivity contribution is 0.0603. The van der Waals surface area contributed by atoms with E-state index in [4.69, 9.17) is 4.74 Å². The van der Waals surface area contributed by atoms with Gasteiger partial charge < -0.3 is 10.1 Å². The van der Waals surface area contributed by atoms with E-state index in [0.717, 1.165) is 16.5 Å². The van der Waals surface area contributed by atoms with E-state index in [1.807, 2.05) is 37.3 Å². The molecule has 0 amide bonds. The molecule has 3 rings (SSSR count). The normalized spacial score (nSPS) is 10.7. The molecule has 0 atom stereocenters. The van der Waals surface area contributed by atoms with Gasteiger partial charge in [0.15, 0.2) is 5.82 Å². The molecule has 0 fully saturated rings. The smallest absolute Gasteiger partial charge is 0.338 e. The highest BCUT2D eigenvalue weighted by atomic mass is 16.5. The van der Waals surface area contributed by atoms with Crippen molar-refractivity contribution in [2.24, 2.45) is 0 Å². The number of carbonyl (C=O) groups excluding carboxylic acids is 1. The van der Waals surface area contributed by atoms with Crippen LogP contribution in [-0.4, -0.2) is 33.3 Å². The van der Waals surface area contributed by atoms with Crippen molar-refractivity contribution in [3.8, 4) is 0 Å². The fourth-order valence-electron chi connectivity index (χ4n) is 2.40.